The second-order valence-electron chi connectivity index (χ2n) is 15.0. The van der Waals surface area contributed by atoms with Crippen LogP contribution in [0.4, 0.5) is 0 Å². The standard InChI is InChI=1S/C57H40N4/c58-55(45-26-14-5-15-27-45)54(44-24-12-4-13-25-44)56-53-47(37-50(59-56)41-18-6-1-7-19-41)29-17-31-49(53)40-34-32-39(33-35-40)46-28-16-30-48(36-46)57-60-51(42-20-8-2-9-21-42)38-52(61-57)43-22-10-3-11-23-43/h1-38,58-59H/b56-54-,58-55?. The van der Waals surface area contributed by atoms with Gasteiger partial charge in [-0.1, -0.05) is 212 Å². The van der Waals surface area contributed by atoms with Crippen LogP contribution in [-0.4, -0.2) is 15.7 Å². The summed E-state index contributed by atoms with van der Waals surface area (Å²) in [6.07, 6.45) is 2.23. The van der Waals surface area contributed by atoms with Gasteiger partial charge in [-0.2, -0.15) is 0 Å². The zero-order chi connectivity index (χ0) is 41.0. The fourth-order valence-electron chi connectivity index (χ4n) is 8.10. The van der Waals surface area contributed by atoms with E-state index in [1.807, 2.05) is 91.0 Å². The van der Waals surface area contributed by atoms with Gasteiger partial charge in [-0.15, -0.1) is 0 Å². The van der Waals surface area contributed by atoms with Gasteiger partial charge in [0.25, 0.3) is 0 Å². The number of fused-ring (bicyclic) bond motifs is 1. The number of rotatable bonds is 9. The molecule has 0 unspecified atom stereocenters. The number of aromatic nitrogens is 2. The highest BCUT2D eigenvalue weighted by Crippen LogP contribution is 2.42. The maximum absolute atomic E-state index is 9.74. The molecular formula is C57H40N4. The van der Waals surface area contributed by atoms with Gasteiger partial charge in [-0.05, 0) is 57.2 Å². The molecule has 4 nitrogen and oxygen atoms in total. The first kappa shape index (κ1) is 37.1. The summed E-state index contributed by atoms with van der Waals surface area (Å²) in [5.74, 6) is 0.680. The molecule has 1 aliphatic rings. The smallest absolute Gasteiger partial charge is 0.160 e. The minimum Gasteiger partial charge on any atom is -0.354 e. The largest absolute Gasteiger partial charge is 0.354 e. The molecular weight excluding hydrogens is 741 g/mol. The van der Waals surface area contributed by atoms with Gasteiger partial charge in [0.05, 0.1) is 22.8 Å². The number of hydrogen-bond donors (Lipinski definition) is 2. The maximum atomic E-state index is 9.74. The predicted molar refractivity (Wildman–Crippen MR) is 253 cm³/mol. The minimum atomic E-state index is 0.453. The van der Waals surface area contributed by atoms with Crippen LogP contribution in [-0.2, 0) is 0 Å². The average molecular weight is 781 g/mol. The fourth-order valence-corrected chi connectivity index (χ4v) is 8.10. The molecule has 61 heavy (non-hydrogen) atoms. The Morgan fingerprint density at radius 2 is 0.885 bits per heavy atom. The summed E-state index contributed by atoms with van der Waals surface area (Å²) in [5, 5.41) is 13.6. The van der Waals surface area contributed by atoms with Crippen molar-refractivity contribution in [3.05, 3.63) is 252 Å². The molecule has 0 fully saturated rings. The second-order valence-corrected chi connectivity index (χ2v) is 15.0. The van der Waals surface area contributed by atoms with Crippen molar-refractivity contribution in [1.82, 2.24) is 15.3 Å². The predicted octanol–water partition coefficient (Wildman–Crippen LogP) is 13.8. The molecule has 10 rings (SSSR count). The topological polar surface area (TPSA) is 61.7 Å². The van der Waals surface area contributed by atoms with Crippen LogP contribution >= 0.6 is 0 Å². The van der Waals surface area contributed by atoms with E-state index in [0.717, 1.165) is 95.1 Å². The molecule has 0 radical (unpaired) electrons. The molecule has 0 aliphatic carbocycles. The summed E-state index contributed by atoms with van der Waals surface area (Å²) >= 11 is 0. The molecule has 4 heteroatoms. The Bertz CT molecular complexity index is 3010. The number of benzene rings is 8. The minimum absolute atomic E-state index is 0.453. The molecule has 288 valence electrons. The van der Waals surface area contributed by atoms with Crippen molar-refractivity contribution >= 4 is 28.8 Å². The summed E-state index contributed by atoms with van der Waals surface area (Å²) in [6, 6.07) is 77.1. The molecule has 2 heterocycles. The Labute approximate surface area is 356 Å². The van der Waals surface area contributed by atoms with Crippen molar-refractivity contribution in [1.29, 1.82) is 5.41 Å². The Hall–Kier alpha value is -8.21. The zero-order valence-electron chi connectivity index (χ0n) is 33.3. The molecule has 0 spiro atoms. The third kappa shape index (κ3) is 7.62. The Morgan fingerprint density at radius 1 is 0.393 bits per heavy atom. The van der Waals surface area contributed by atoms with Crippen molar-refractivity contribution in [3.8, 4) is 56.2 Å². The van der Waals surface area contributed by atoms with Crippen LogP contribution in [0.2, 0.25) is 0 Å². The number of nitrogens with one attached hydrogen (secondary N) is 2. The maximum Gasteiger partial charge on any atom is 0.160 e. The van der Waals surface area contributed by atoms with E-state index in [1.165, 1.54) is 0 Å². The van der Waals surface area contributed by atoms with Gasteiger partial charge in [0.2, 0.25) is 0 Å². The first-order valence-corrected chi connectivity index (χ1v) is 20.5. The lowest BCUT2D eigenvalue weighted by molar-refractivity contribution is 1.18. The average Bonchev–Trinajstić information content (AvgIpc) is 3.35. The molecule has 1 aromatic heterocycles. The van der Waals surface area contributed by atoms with E-state index in [-0.39, 0.29) is 0 Å². The van der Waals surface area contributed by atoms with Crippen LogP contribution in [0.3, 0.4) is 0 Å². The van der Waals surface area contributed by atoms with Crippen LogP contribution < -0.4 is 5.32 Å². The van der Waals surface area contributed by atoms with Crippen molar-refractivity contribution in [3.63, 3.8) is 0 Å². The van der Waals surface area contributed by atoms with Crippen molar-refractivity contribution in [2.75, 3.05) is 0 Å². The van der Waals surface area contributed by atoms with E-state index >= 15 is 0 Å². The number of hydrogen-bond acceptors (Lipinski definition) is 4. The number of allylic oxidation sites excluding steroid dienone is 1. The van der Waals surface area contributed by atoms with Crippen molar-refractivity contribution in [2.24, 2.45) is 0 Å². The number of nitrogens with zero attached hydrogens (tertiary/aromatic N) is 2. The first-order chi connectivity index (χ1) is 30.2. The molecule has 0 bridgehead atoms. The summed E-state index contributed by atoms with van der Waals surface area (Å²) in [7, 11) is 0. The highest BCUT2D eigenvalue weighted by atomic mass is 14.9. The second kappa shape index (κ2) is 16.6. The van der Waals surface area contributed by atoms with Crippen molar-refractivity contribution in [2.45, 2.75) is 0 Å². The summed E-state index contributed by atoms with van der Waals surface area (Å²) in [5.41, 5.74) is 17.4. The molecule has 1 aliphatic heterocycles. The monoisotopic (exact) mass is 780 g/mol. The van der Waals surface area contributed by atoms with Crippen LogP contribution in [0.25, 0.3) is 79.2 Å². The summed E-state index contributed by atoms with van der Waals surface area (Å²) in [6.45, 7) is 0. The molecule has 0 saturated heterocycles. The van der Waals surface area contributed by atoms with E-state index < -0.39 is 0 Å². The third-order valence-corrected chi connectivity index (χ3v) is 11.1. The van der Waals surface area contributed by atoms with Crippen LogP contribution in [0.5, 0.6) is 0 Å². The molecule has 0 saturated carbocycles. The summed E-state index contributed by atoms with van der Waals surface area (Å²) < 4.78 is 0. The van der Waals surface area contributed by atoms with Crippen molar-refractivity contribution < 1.29 is 0 Å². The van der Waals surface area contributed by atoms with Crippen LogP contribution in [0.15, 0.2) is 224 Å². The van der Waals surface area contributed by atoms with Gasteiger partial charge in [0.1, 0.15) is 0 Å². The van der Waals surface area contributed by atoms with Gasteiger partial charge in [-0.3, -0.25) is 5.41 Å². The Kier molecular flexibility index (Phi) is 10.1. The quantitative estimate of drug-likeness (QED) is 0.143. The molecule has 9 aromatic rings. The molecule has 8 aromatic carbocycles. The van der Waals surface area contributed by atoms with E-state index in [4.69, 9.17) is 9.97 Å². The lowest BCUT2D eigenvalue weighted by Gasteiger charge is -2.28. The van der Waals surface area contributed by atoms with Gasteiger partial charge in [0.15, 0.2) is 5.82 Å². The molecule has 2 N–H and O–H groups in total. The SMILES string of the molecule is N=C(/C(=C1\NC(c2ccccc2)=Cc2cccc(-c3ccc(-c4cccc(-c5nc(-c6ccccc6)cc(-c6ccccc6)n5)c4)cc3)c21)c1ccccc1)c1ccccc1. The van der Waals surface area contributed by atoms with E-state index in [1.54, 1.807) is 0 Å². The lowest BCUT2D eigenvalue weighted by Crippen LogP contribution is -2.21. The Balaban J connectivity index is 1.08. The van der Waals surface area contributed by atoms with Gasteiger partial charge < -0.3 is 5.32 Å². The van der Waals surface area contributed by atoms with E-state index in [9.17, 15) is 5.41 Å². The first-order valence-electron chi connectivity index (χ1n) is 20.5. The van der Waals surface area contributed by atoms with E-state index in [2.05, 4.69) is 145 Å². The zero-order valence-corrected chi connectivity index (χ0v) is 33.3. The highest BCUT2D eigenvalue weighted by molar-refractivity contribution is 6.36. The lowest BCUT2D eigenvalue weighted by atomic mass is 9.84. The third-order valence-electron chi connectivity index (χ3n) is 11.1. The molecule has 0 amide bonds. The summed E-state index contributed by atoms with van der Waals surface area (Å²) in [4.78, 5) is 10.2. The fraction of sp³-hybridized carbons (Fsp3) is 0. The molecule has 0 atom stereocenters. The highest BCUT2D eigenvalue weighted by Gasteiger charge is 2.26. The van der Waals surface area contributed by atoms with Crippen LogP contribution in [0, 0.1) is 5.41 Å². The van der Waals surface area contributed by atoms with Crippen LogP contribution in [0.1, 0.15) is 27.8 Å². The van der Waals surface area contributed by atoms with E-state index in [0.29, 0.717) is 11.5 Å². The van der Waals surface area contributed by atoms with Gasteiger partial charge in [0, 0.05) is 39.1 Å². The Morgan fingerprint density at radius 3 is 1.49 bits per heavy atom. The van der Waals surface area contributed by atoms with Gasteiger partial charge in [-0.25, -0.2) is 9.97 Å². The normalized spacial score (nSPS) is 12.8. The van der Waals surface area contributed by atoms with Gasteiger partial charge >= 0.3 is 0 Å².